The molecule has 0 radical (unpaired) electrons. The molecule has 0 bridgehead atoms. The Morgan fingerprint density at radius 2 is 0.580 bits per heavy atom. The first kappa shape index (κ1) is 56.5. The zero-order chi connectivity index (χ0) is 50.0. The third-order valence-electron chi connectivity index (χ3n) is 11.0. The average Bonchev–Trinajstić information content (AvgIpc) is 3.37. The summed E-state index contributed by atoms with van der Waals surface area (Å²) < 4.78 is 62.7. The van der Waals surface area contributed by atoms with Crippen LogP contribution in [0, 0.1) is 0 Å². The van der Waals surface area contributed by atoms with Crippen LogP contribution in [0.15, 0.2) is 97.1 Å². The molecular formula is C52H76N2O15. The van der Waals surface area contributed by atoms with Gasteiger partial charge in [-0.15, -0.1) is 0 Å². The molecule has 4 rings (SSSR count). The summed E-state index contributed by atoms with van der Waals surface area (Å²) in [6.07, 6.45) is -4.00. The number of benzene rings is 4. The van der Waals surface area contributed by atoms with Crippen LogP contribution in [-0.4, -0.2) is 186 Å². The minimum atomic E-state index is -0.867. The van der Waals surface area contributed by atoms with Gasteiger partial charge in [0.15, 0.2) is 0 Å². The number of aliphatic hydroxyl groups is 4. The number of methoxy groups -OCH3 is 4. The van der Waals surface area contributed by atoms with E-state index in [1.54, 1.807) is 126 Å². The van der Waals surface area contributed by atoms with Crippen molar-refractivity contribution in [2.45, 2.75) is 76.4 Å². The average molecular weight is 969 g/mol. The Labute approximate surface area is 408 Å². The van der Waals surface area contributed by atoms with Crippen LogP contribution in [0.3, 0.4) is 0 Å². The molecule has 0 spiro atoms. The molecular weight excluding hydrogens is 893 g/mol. The molecule has 0 aromatic heterocycles. The molecule has 0 aliphatic rings. The van der Waals surface area contributed by atoms with Crippen LogP contribution in [0.2, 0.25) is 0 Å². The summed E-state index contributed by atoms with van der Waals surface area (Å²) in [5.41, 5.74) is 0. The topological polar surface area (TPSA) is 189 Å². The molecule has 4 N–H and O–H groups in total. The van der Waals surface area contributed by atoms with Crippen molar-refractivity contribution in [3.63, 3.8) is 0 Å². The van der Waals surface area contributed by atoms with Gasteiger partial charge in [0.2, 0.25) is 0 Å². The van der Waals surface area contributed by atoms with Gasteiger partial charge in [-0.1, -0.05) is 0 Å². The largest absolute Gasteiger partial charge is 0.497 e. The van der Waals surface area contributed by atoms with E-state index in [0.717, 1.165) is 0 Å². The van der Waals surface area contributed by atoms with Crippen molar-refractivity contribution in [1.82, 2.24) is 9.80 Å². The van der Waals surface area contributed by atoms with Gasteiger partial charge < -0.3 is 72.5 Å². The van der Waals surface area contributed by atoms with Crippen LogP contribution in [-0.2, 0) is 14.2 Å². The van der Waals surface area contributed by atoms with Crippen LogP contribution >= 0.6 is 0 Å². The van der Waals surface area contributed by atoms with Crippen LogP contribution < -0.4 is 37.9 Å². The maximum atomic E-state index is 11.1. The first-order valence-electron chi connectivity index (χ1n) is 23.4. The Balaban J connectivity index is 1.24. The molecule has 4 aromatic carbocycles. The van der Waals surface area contributed by atoms with E-state index in [1.807, 2.05) is 37.5 Å². The summed E-state index contributed by atoms with van der Waals surface area (Å²) in [4.78, 5) is 3.91. The minimum Gasteiger partial charge on any atom is -0.497 e. The number of rotatable bonds is 36. The van der Waals surface area contributed by atoms with Crippen molar-refractivity contribution in [2.24, 2.45) is 0 Å². The summed E-state index contributed by atoms with van der Waals surface area (Å²) in [5, 5.41) is 44.2. The molecule has 0 fully saturated rings. The Hall–Kier alpha value is -5.08. The van der Waals surface area contributed by atoms with Crippen LogP contribution in [0.25, 0.3) is 0 Å². The molecule has 384 valence electrons. The SMILES string of the molecule is COc1ccc(OCC(O)CN(CC(O)COc2ccc(OC)cc2)C(C)COCC(C)OCC(C)OCC(C)N(CC(O)COc2ccc(OC)cc2)CC(O)COc2ccc(OC)cc2)cc1. The Morgan fingerprint density at radius 1 is 0.333 bits per heavy atom. The van der Waals surface area contributed by atoms with E-state index in [4.69, 9.17) is 52.1 Å². The number of ether oxygens (including phenoxy) is 11. The fourth-order valence-corrected chi connectivity index (χ4v) is 6.93. The van der Waals surface area contributed by atoms with E-state index < -0.39 is 24.4 Å². The minimum absolute atomic E-state index is 0.0421. The van der Waals surface area contributed by atoms with Crippen molar-refractivity contribution in [3.8, 4) is 46.0 Å². The summed E-state index contributed by atoms with van der Waals surface area (Å²) in [6, 6.07) is 28.1. The van der Waals surface area contributed by atoms with Crippen molar-refractivity contribution in [2.75, 3.05) is 107 Å². The highest BCUT2D eigenvalue weighted by Crippen LogP contribution is 2.21. The van der Waals surface area contributed by atoms with Gasteiger partial charge in [0, 0.05) is 38.3 Å². The van der Waals surface area contributed by atoms with Crippen LogP contribution in [0.1, 0.15) is 27.7 Å². The van der Waals surface area contributed by atoms with E-state index in [1.165, 1.54) is 0 Å². The highest BCUT2D eigenvalue weighted by atomic mass is 16.6. The maximum absolute atomic E-state index is 11.1. The number of nitrogens with zero attached hydrogens (tertiary/aromatic N) is 2. The Morgan fingerprint density at radius 3 is 0.870 bits per heavy atom. The highest BCUT2D eigenvalue weighted by Gasteiger charge is 2.25. The molecule has 17 nitrogen and oxygen atoms in total. The van der Waals surface area contributed by atoms with Gasteiger partial charge in [-0.25, -0.2) is 0 Å². The second kappa shape index (κ2) is 31.2. The van der Waals surface area contributed by atoms with Gasteiger partial charge in [-0.05, 0) is 125 Å². The van der Waals surface area contributed by atoms with Gasteiger partial charge in [0.1, 0.15) is 96.8 Å². The van der Waals surface area contributed by atoms with Crippen molar-refractivity contribution in [1.29, 1.82) is 0 Å². The van der Waals surface area contributed by atoms with E-state index in [9.17, 15) is 20.4 Å². The second-order valence-electron chi connectivity index (χ2n) is 17.0. The summed E-state index contributed by atoms with van der Waals surface area (Å²) >= 11 is 0. The third-order valence-corrected chi connectivity index (χ3v) is 11.0. The molecule has 0 aliphatic carbocycles. The predicted molar refractivity (Wildman–Crippen MR) is 262 cm³/mol. The maximum Gasteiger partial charge on any atom is 0.119 e. The number of hydrogen-bond donors (Lipinski definition) is 4. The van der Waals surface area contributed by atoms with Gasteiger partial charge in [0.05, 0.1) is 67.1 Å². The first-order chi connectivity index (χ1) is 33.3. The molecule has 8 unspecified atom stereocenters. The molecule has 0 saturated heterocycles. The molecule has 69 heavy (non-hydrogen) atoms. The van der Waals surface area contributed by atoms with E-state index in [0.29, 0.717) is 72.4 Å². The monoisotopic (exact) mass is 969 g/mol. The third kappa shape index (κ3) is 22.0. The normalized spacial score (nSPS) is 15.0. The molecule has 8 atom stereocenters. The van der Waals surface area contributed by atoms with Crippen LogP contribution in [0.5, 0.6) is 46.0 Å². The van der Waals surface area contributed by atoms with Gasteiger partial charge in [-0.2, -0.15) is 0 Å². The molecule has 4 aromatic rings. The predicted octanol–water partition coefficient (Wildman–Crippen LogP) is 4.99. The van der Waals surface area contributed by atoms with Crippen molar-refractivity contribution < 1.29 is 72.5 Å². The fraction of sp³-hybridized carbons (Fsp3) is 0.538. The lowest BCUT2D eigenvalue weighted by Gasteiger charge is -2.33. The number of hydrogen-bond acceptors (Lipinski definition) is 17. The smallest absolute Gasteiger partial charge is 0.119 e. The first-order valence-corrected chi connectivity index (χ1v) is 23.4. The zero-order valence-electron chi connectivity index (χ0n) is 41.5. The van der Waals surface area contributed by atoms with E-state index >= 15 is 0 Å². The number of aliphatic hydroxyl groups excluding tert-OH is 4. The van der Waals surface area contributed by atoms with E-state index in [2.05, 4.69) is 0 Å². The fourth-order valence-electron chi connectivity index (χ4n) is 6.93. The van der Waals surface area contributed by atoms with Crippen LogP contribution in [0.4, 0.5) is 0 Å². The lowest BCUT2D eigenvalue weighted by Crippen LogP contribution is -2.48. The second-order valence-corrected chi connectivity index (χ2v) is 17.0. The highest BCUT2D eigenvalue weighted by molar-refractivity contribution is 5.33. The van der Waals surface area contributed by atoms with Crippen molar-refractivity contribution in [3.05, 3.63) is 97.1 Å². The molecule has 0 amide bonds. The quantitative estimate of drug-likeness (QED) is 0.0477. The molecule has 0 aliphatic heterocycles. The zero-order valence-corrected chi connectivity index (χ0v) is 41.5. The van der Waals surface area contributed by atoms with Gasteiger partial charge >= 0.3 is 0 Å². The summed E-state index contributed by atoms with van der Waals surface area (Å²) in [6.45, 7) is 10.0. The molecule has 0 saturated carbocycles. The van der Waals surface area contributed by atoms with Gasteiger partial charge in [-0.3, -0.25) is 9.80 Å². The van der Waals surface area contributed by atoms with E-state index in [-0.39, 0.29) is 76.9 Å². The lowest BCUT2D eigenvalue weighted by atomic mass is 10.2. The standard InChI is InChI=1S/C52H76N2O15/c1-37(53(25-41(55)33-66-49-17-9-45(59-5)10-18-49)26-42(56)34-67-50-19-11-46(60-6)12-20-50)29-63-31-39(3)65-32-40(4)64-30-38(2)54(27-43(57)35-68-51-21-13-47(61-7)14-22-51)28-44(58)36-69-52-23-15-48(62-8)16-24-52/h9-24,37-44,55-58H,25-36H2,1-8H3. The Kier molecular flexibility index (Phi) is 25.6. The summed E-state index contributed by atoms with van der Waals surface area (Å²) in [5.74, 6) is 5.20. The Bertz CT molecular complexity index is 1810. The lowest BCUT2D eigenvalue weighted by molar-refractivity contribution is -0.0756. The molecule has 0 heterocycles. The van der Waals surface area contributed by atoms with Crippen molar-refractivity contribution >= 4 is 0 Å². The van der Waals surface area contributed by atoms with Gasteiger partial charge in [0.25, 0.3) is 0 Å². The summed E-state index contributed by atoms with van der Waals surface area (Å²) in [7, 11) is 6.37. The molecule has 17 heteroatoms.